The molecule has 1 atom stereocenters. The first kappa shape index (κ1) is 21.4. The van der Waals surface area contributed by atoms with Crippen LogP contribution in [0.25, 0.3) is 27.9 Å². The van der Waals surface area contributed by atoms with Crippen LogP contribution in [-0.2, 0) is 6.42 Å². The normalized spacial score (nSPS) is 14.9. The van der Waals surface area contributed by atoms with Crippen LogP contribution in [0.5, 0.6) is 0 Å². The van der Waals surface area contributed by atoms with Crippen molar-refractivity contribution in [3.05, 3.63) is 94.4 Å². The summed E-state index contributed by atoms with van der Waals surface area (Å²) in [6.45, 7) is 1.94. The molecule has 0 N–H and O–H groups in total. The number of benzene rings is 1. The van der Waals surface area contributed by atoms with E-state index in [0.29, 0.717) is 29.8 Å². The van der Waals surface area contributed by atoms with Gasteiger partial charge in [-0.2, -0.15) is 14.5 Å². The average molecular weight is 489 g/mol. The Labute approximate surface area is 204 Å². The van der Waals surface area contributed by atoms with Gasteiger partial charge in [0.25, 0.3) is 0 Å². The standard InChI is InChI=1S/C24H18ClFN8O/c1-14-8-15(6-7-27-14)18-10-29-32(11-18)21-4-2-16-9-17(12-34(35)24(16)21)22-20(33-13-28-30-31-33)5-3-19(25)23(22)26/h3,5-13,21H,2,4H2,1H3. The van der Waals surface area contributed by atoms with Gasteiger partial charge in [-0.25, -0.2) is 4.39 Å². The van der Waals surface area contributed by atoms with Gasteiger partial charge in [0.2, 0.25) is 5.69 Å². The molecule has 9 nitrogen and oxygen atoms in total. The van der Waals surface area contributed by atoms with Crippen molar-refractivity contribution in [1.82, 2.24) is 35.0 Å². The Morgan fingerprint density at radius 1 is 1.17 bits per heavy atom. The van der Waals surface area contributed by atoms with Gasteiger partial charge >= 0.3 is 0 Å². The Balaban J connectivity index is 1.41. The molecule has 1 aliphatic rings. The summed E-state index contributed by atoms with van der Waals surface area (Å²) in [5, 5.41) is 28.9. The molecule has 11 heteroatoms. The number of rotatable bonds is 4. The molecule has 0 saturated carbocycles. The number of halogens is 2. The lowest BCUT2D eigenvalue weighted by Crippen LogP contribution is -2.34. The van der Waals surface area contributed by atoms with E-state index in [1.54, 1.807) is 18.5 Å². The van der Waals surface area contributed by atoms with Crippen molar-refractivity contribution in [3.8, 4) is 27.9 Å². The summed E-state index contributed by atoms with van der Waals surface area (Å²) in [4.78, 5) is 4.24. The van der Waals surface area contributed by atoms with Gasteiger partial charge in [-0.05, 0) is 66.1 Å². The van der Waals surface area contributed by atoms with E-state index in [2.05, 4.69) is 25.6 Å². The molecule has 0 fully saturated rings. The number of nitrogens with zero attached hydrogens (tertiary/aromatic N) is 8. The number of hydrogen-bond donors (Lipinski definition) is 0. The first-order valence-electron chi connectivity index (χ1n) is 10.9. The third-order valence-electron chi connectivity index (χ3n) is 6.26. The van der Waals surface area contributed by atoms with E-state index in [0.717, 1.165) is 27.1 Å². The van der Waals surface area contributed by atoms with E-state index in [1.807, 2.05) is 36.0 Å². The molecule has 0 radical (unpaired) electrons. The molecule has 0 aliphatic heterocycles. The molecular formula is C24H18ClFN8O. The fourth-order valence-corrected chi connectivity index (χ4v) is 4.84. The molecule has 5 aromatic rings. The Morgan fingerprint density at radius 2 is 2.06 bits per heavy atom. The SMILES string of the molecule is Cc1cc(-c2cnn(C3CCc4cc(-c5c(-n6cnnn6)ccc(Cl)c5F)c[n+]([O-])c43)c2)ccn1. The highest BCUT2D eigenvalue weighted by Gasteiger charge is 2.34. The predicted octanol–water partition coefficient (Wildman–Crippen LogP) is 3.86. The quantitative estimate of drug-likeness (QED) is 0.281. The lowest BCUT2D eigenvalue weighted by atomic mass is 10.0. The summed E-state index contributed by atoms with van der Waals surface area (Å²) in [5.74, 6) is -0.640. The number of aromatic nitrogens is 8. The number of hydrogen-bond acceptors (Lipinski definition) is 6. The second kappa shape index (κ2) is 8.24. The minimum atomic E-state index is -0.640. The van der Waals surface area contributed by atoms with Gasteiger partial charge in [0, 0.05) is 29.2 Å². The van der Waals surface area contributed by atoms with Crippen LogP contribution in [0.4, 0.5) is 4.39 Å². The molecule has 0 spiro atoms. The summed E-state index contributed by atoms with van der Waals surface area (Å²) >= 11 is 6.08. The van der Waals surface area contributed by atoms with E-state index < -0.39 is 5.82 Å². The molecule has 4 heterocycles. The van der Waals surface area contributed by atoms with E-state index in [9.17, 15) is 5.21 Å². The molecule has 1 aliphatic carbocycles. The Bertz CT molecular complexity index is 1570. The van der Waals surface area contributed by atoms with Gasteiger partial charge in [-0.3, -0.25) is 9.67 Å². The molecule has 1 aromatic carbocycles. The maximum absolute atomic E-state index is 15.2. The third kappa shape index (κ3) is 3.62. The van der Waals surface area contributed by atoms with Crippen LogP contribution >= 0.6 is 11.6 Å². The maximum atomic E-state index is 15.2. The lowest BCUT2D eigenvalue weighted by Gasteiger charge is -2.15. The number of aryl methyl sites for hydroxylation is 2. The summed E-state index contributed by atoms with van der Waals surface area (Å²) in [7, 11) is 0. The van der Waals surface area contributed by atoms with Crippen LogP contribution in [0.15, 0.2) is 61.4 Å². The highest BCUT2D eigenvalue weighted by Crippen LogP contribution is 2.38. The van der Waals surface area contributed by atoms with Crippen molar-refractivity contribution < 1.29 is 9.12 Å². The van der Waals surface area contributed by atoms with E-state index in [4.69, 9.17) is 11.6 Å². The van der Waals surface area contributed by atoms with Crippen molar-refractivity contribution in [2.75, 3.05) is 0 Å². The van der Waals surface area contributed by atoms with Crippen molar-refractivity contribution in [1.29, 1.82) is 0 Å². The smallest absolute Gasteiger partial charge is 0.220 e. The van der Waals surface area contributed by atoms with Crippen LogP contribution in [-0.4, -0.2) is 35.0 Å². The molecule has 6 rings (SSSR count). The Hall–Kier alpha value is -4.18. The van der Waals surface area contributed by atoms with Crippen LogP contribution in [0.1, 0.15) is 29.4 Å². The molecular weight excluding hydrogens is 471 g/mol. The Kier molecular flexibility index (Phi) is 5.03. The topological polar surface area (TPSA) is 101 Å². The lowest BCUT2D eigenvalue weighted by molar-refractivity contribution is -0.615. The zero-order valence-corrected chi connectivity index (χ0v) is 19.3. The molecule has 0 amide bonds. The van der Waals surface area contributed by atoms with E-state index in [-0.39, 0.29) is 16.6 Å². The van der Waals surface area contributed by atoms with Crippen LogP contribution in [0.2, 0.25) is 5.02 Å². The van der Waals surface area contributed by atoms with Crippen molar-refractivity contribution in [2.45, 2.75) is 25.8 Å². The van der Waals surface area contributed by atoms with Crippen LogP contribution in [0.3, 0.4) is 0 Å². The second-order valence-corrected chi connectivity index (χ2v) is 8.83. The minimum absolute atomic E-state index is 0.0527. The highest BCUT2D eigenvalue weighted by molar-refractivity contribution is 6.31. The van der Waals surface area contributed by atoms with E-state index in [1.165, 1.54) is 23.3 Å². The van der Waals surface area contributed by atoms with Gasteiger partial charge in [0.1, 0.15) is 12.4 Å². The maximum Gasteiger partial charge on any atom is 0.220 e. The van der Waals surface area contributed by atoms with Crippen molar-refractivity contribution in [2.24, 2.45) is 0 Å². The van der Waals surface area contributed by atoms with Gasteiger partial charge in [0.15, 0.2) is 12.0 Å². The molecule has 0 bridgehead atoms. The zero-order chi connectivity index (χ0) is 24.1. The molecule has 35 heavy (non-hydrogen) atoms. The number of pyridine rings is 2. The van der Waals surface area contributed by atoms with Crippen molar-refractivity contribution in [3.63, 3.8) is 0 Å². The summed E-state index contributed by atoms with van der Waals surface area (Å²) < 4.78 is 19.2. The first-order valence-corrected chi connectivity index (χ1v) is 11.3. The van der Waals surface area contributed by atoms with Crippen LogP contribution in [0, 0.1) is 17.9 Å². The Morgan fingerprint density at radius 3 is 2.86 bits per heavy atom. The minimum Gasteiger partial charge on any atom is -0.618 e. The zero-order valence-electron chi connectivity index (χ0n) is 18.5. The van der Waals surface area contributed by atoms with Crippen molar-refractivity contribution >= 4 is 11.6 Å². The van der Waals surface area contributed by atoms with Gasteiger partial charge < -0.3 is 5.21 Å². The highest BCUT2D eigenvalue weighted by atomic mass is 35.5. The van der Waals surface area contributed by atoms with Gasteiger partial charge in [0.05, 0.1) is 28.0 Å². The van der Waals surface area contributed by atoms with Gasteiger partial charge in [-0.1, -0.05) is 11.6 Å². The third-order valence-corrected chi connectivity index (χ3v) is 6.56. The predicted molar refractivity (Wildman–Crippen MR) is 125 cm³/mol. The fourth-order valence-electron chi connectivity index (χ4n) is 4.68. The summed E-state index contributed by atoms with van der Waals surface area (Å²) in [5.41, 5.74) is 5.26. The summed E-state index contributed by atoms with van der Waals surface area (Å²) in [6.07, 6.45) is 9.58. The first-order chi connectivity index (χ1) is 17.0. The summed E-state index contributed by atoms with van der Waals surface area (Å²) in [6, 6.07) is 8.59. The fraction of sp³-hybridized carbons (Fsp3) is 0.167. The molecule has 0 saturated heterocycles. The second-order valence-electron chi connectivity index (χ2n) is 8.42. The van der Waals surface area contributed by atoms with E-state index >= 15 is 4.39 Å². The largest absolute Gasteiger partial charge is 0.618 e. The average Bonchev–Trinajstić information content (AvgIpc) is 3.61. The van der Waals surface area contributed by atoms with Gasteiger partial charge in [-0.15, -0.1) is 5.10 Å². The number of tetrazole rings is 1. The molecule has 4 aromatic heterocycles. The van der Waals surface area contributed by atoms with Crippen LogP contribution < -0.4 is 4.73 Å². The number of fused-ring (bicyclic) bond motifs is 1. The molecule has 1 unspecified atom stereocenters. The molecule has 174 valence electrons. The monoisotopic (exact) mass is 488 g/mol.